The van der Waals surface area contributed by atoms with E-state index in [9.17, 15) is 5.11 Å². The molecule has 18 heavy (non-hydrogen) atoms. The maximum Gasteiger partial charge on any atom is 0.116 e. The number of nitrogens with zero attached hydrogens (tertiary/aromatic N) is 1. The molecule has 0 radical (unpaired) electrons. The number of phenolic OH excluding ortho intramolecular Hbond substituents is 1. The fourth-order valence-electron chi connectivity index (χ4n) is 2.18. The number of phenols is 1. The molecule has 0 saturated heterocycles. The van der Waals surface area contributed by atoms with E-state index in [-0.39, 0.29) is 5.75 Å². The predicted molar refractivity (Wildman–Crippen MR) is 69.2 cm³/mol. The highest BCUT2D eigenvalue weighted by Gasteiger charge is 2.09. The van der Waals surface area contributed by atoms with Gasteiger partial charge in [-0.2, -0.15) is 5.10 Å². The average molecular weight is 242 g/mol. The van der Waals surface area contributed by atoms with E-state index in [0.29, 0.717) is 6.54 Å². The second-order valence-electron chi connectivity index (χ2n) is 4.30. The molecule has 2 aromatic heterocycles. The Hall–Kier alpha value is -2.27. The first-order chi connectivity index (χ1) is 8.78. The van der Waals surface area contributed by atoms with Crippen molar-refractivity contribution in [3.63, 3.8) is 0 Å². The summed E-state index contributed by atoms with van der Waals surface area (Å²) < 4.78 is 0. The van der Waals surface area contributed by atoms with Crippen LogP contribution in [0.25, 0.3) is 10.9 Å². The Balaban J connectivity index is 2.02. The van der Waals surface area contributed by atoms with Gasteiger partial charge in [0, 0.05) is 30.1 Å². The topological polar surface area (TPSA) is 90.7 Å². The van der Waals surface area contributed by atoms with Crippen molar-refractivity contribution < 1.29 is 5.11 Å². The summed E-state index contributed by atoms with van der Waals surface area (Å²) >= 11 is 0. The average Bonchev–Trinajstić information content (AvgIpc) is 2.97. The van der Waals surface area contributed by atoms with Gasteiger partial charge in [-0.05, 0) is 29.3 Å². The molecule has 3 aromatic rings. The van der Waals surface area contributed by atoms with Gasteiger partial charge in [-0.1, -0.05) is 0 Å². The molecule has 5 heteroatoms. The van der Waals surface area contributed by atoms with Gasteiger partial charge >= 0.3 is 0 Å². The van der Waals surface area contributed by atoms with Crippen molar-refractivity contribution in [3.05, 3.63) is 47.4 Å². The lowest BCUT2D eigenvalue weighted by Gasteiger charge is -2.00. The third-order valence-corrected chi connectivity index (χ3v) is 3.14. The quantitative estimate of drug-likeness (QED) is 0.562. The van der Waals surface area contributed by atoms with Gasteiger partial charge in [0.2, 0.25) is 0 Å². The van der Waals surface area contributed by atoms with Crippen LogP contribution in [0.2, 0.25) is 0 Å². The molecule has 5 N–H and O–H groups in total. The number of nitrogens with one attached hydrogen (secondary N) is 2. The molecule has 5 nitrogen and oxygen atoms in total. The monoisotopic (exact) mass is 242 g/mol. The van der Waals surface area contributed by atoms with Crippen LogP contribution in [0.1, 0.15) is 16.8 Å². The minimum atomic E-state index is 0.273. The molecular weight excluding hydrogens is 228 g/mol. The van der Waals surface area contributed by atoms with Crippen LogP contribution < -0.4 is 5.73 Å². The number of aromatic amines is 2. The fraction of sp³-hybridized carbons (Fsp3) is 0.154. The first-order valence-corrected chi connectivity index (χ1v) is 5.78. The number of hydrogen-bond donors (Lipinski definition) is 4. The van der Waals surface area contributed by atoms with Gasteiger partial charge in [-0.15, -0.1) is 0 Å². The molecule has 0 saturated carbocycles. The molecule has 0 unspecified atom stereocenters. The normalized spacial score (nSPS) is 11.2. The molecule has 0 aliphatic carbocycles. The van der Waals surface area contributed by atoms with Crippen LogP contribution in [0, 0.1) is 0 Å². The molecule has 0 bridgehead atoms. The van der Waals surface area contributed by atoms with E-state index in [1.165, 1.54) is 0 Å². The molecule has 0 atom stereocenters. The molecule has 2 heterocycles. The minimum Gasteiger partial charge on any atom is -0.508 e. The van der Waals surface area contributed by atoms with Crippen molar-refractivity contribution in [3.8, 4) is 5.75 Å². The molecule has 0 aliphatic heterocycles. The molecule has 0 aliphatic rings. The summed E-state index contributed by atoms with van der Waals surface area (Å²) in [6.07, 6.45) is 4.49. The highest BCUT2D eigenvalue weighted by Crippen LogP contribution is 2.25. The van der Waals surface area contributed by atoms with Gasteiger partial charge < -0.3 is 15.8 Å². The smallest absolute Gasteiger partial charge is 0.116 e. The summed E-state index contributed by atoms with van der Waals surface area (Å²) in [5.74, 6) is 0.273. The van der Waals surface area contributed by atoms with Gasteiger partial charge in [0.15, 0.2) is 0 Å². The lowest BCUT2D eigenvalue weighted by molar-refractivity contribution is 0.476. The molecule has 0 amide bonds. The molecule has 92 valence electrons. The maximum atomic E-state index is 9.55. The van der Waals surface area contributed by atoms with Crippen LogP contribution in [0.4, 0.5) is 0 Å². The minimum absolute atomic E-state index is 0.273. The molecule has 3 rings (SSSR count). The number of rotatable bonds is 3. The Morgan fingerprint density at radius 3 is 3.00 bits per heavy atom. The van der Waals surface area contributed by atoms with Crippen molar-refractivity contribution in [1.29, 1.82) is 0 Å². The summed E-state index contributed by atoms with van der Waals surface area (Å²) in [7, 11) is 0. The highest BCUT2D eigenvalue weighted by molar-refractivity contribution is 5.84. The number of hydrogen-bond acceptors (Lipinski definition) is 3. The van der Waals surface area contributed by atoms with Gasteiger partial charge in [0.1, 0.15) is 5.75 Å². The number of nitrogens with two attached hydrogens (primary N) is 1. The van der Waals surface area contributed by atoms with Gasteiger partial charge in [-0.25, -0.2) is 0 Å². The fourth-order valence-corrected chi connectivity index (χ4v) is 2.18. The molecule has 0 fully saturated rings. The molecule has 1 aromatic carbocycles. The van der Waals surface area contributed by atoms with Crippen LogP contribution in [0.5, 0.6) is 5.75 Å². The first-order valence-electron chi connectivity index (χ1n) is 5.78. The first kappa shape index (κ1) is 10.9. The van der Waals surface area contributed by atoms with Crippen LogP contribution in [0.15, 0.2) is 30.6 Å². The molecule has 0 spiro atoms. The van der Waals surface area contributed by atoms with Crippen molar-refractivity contribution in [1.82, 2.24) is 15.2 Å². The lowest BCUT2D eigenvalue weighted by atomic mass is 10.0. The number of benzene rings is 1. The van der Waals surface area contributed by atoms with Crippen LogP contribution in [-0.4, -0.2) is 20.3 Å². The van der Waals surface area contributed by atoms with E-state index in [1.54, 1.807) is 18.3 Å². The Morgan fingerprint density at radius 1 is 1.28 bits per heavy atom. The summed E-state index contributed by atoms with van der Waals surface area (Å²) in [6.45, 7) is 0.447. The summed E-state index contributed by atoms with van der Waals surface area (Å²) in [6, 6.07) is 5.31. The number of fused-ring (bicyclic) bond motifs is 1. The van der Waals surface area contributed by atoms with Crippen molar-refractivity contribution >= 4 is 10.9 Å². The Kier molecular flexibility index (Phi) is 2.53. The van der Waals surface area contributed by atoms with Crippen molar-refractivity contribution in [2.75, 3.05) is 0 Å². The zero-order valence-electron chi connectivity index (χ0n) is 9.77. The van der Waals surface area contributed by atoms with E-state index < -0.39 is 0 Å². The number of H-pyrrole nitrogens is 2. The van der Waals surface area contributed by atoms with Gasteiger partial charge in [-0.3, -0.25) is 5.10 Å². The van der Waals surface area contributed by atoms with E-state index in [4.69, 9.17) is 5.73 Å². The summed E-state index contributed by atoms with van der Waals surface area (Å²) in [5.41, 5.74) is 9.81. The zero-order valence-corrected chi connectivity index (χ0v) is 9.77. The maximum absolute atomic E-state index is 9.55. The van der Waals surface area contributed by atoms with Gasteiger partial charge in [0.05, 0.1) is 11.9 Å². The number of aromatic hydroxyl groups is 1. The van der Waals surface area contributed by atoms with Crippen LogP contribution in [-0.2, 0) is 13.0 Å². The predicted octanol–water partition coefficient (Wildman–Crippen LogP) is 1.65. The largest absolute Gasteiger partial charge is 0.508 e. The van der Waals surface area contributed by atoms with E-state index in [2.05, 4.69) is 15.2 Å². The standard InChI is InChI=1S/C13H14N4O/c14-5-13-9(7-16-17-13)3-8-6-15-12-2-1-10(18)4-11(8)12/h1-2,4,6-7,15,18H,3,5,14H2,(H,16,17). The third kappa shape index (κ3) is 1.74. The van der Waals surface area contributed by atoms with Crippen LogP contribution >= 0.6 is 0 Å². The SMILES string of the molecule is NCc1[nH]ncc1Cc1c[nH]c2ccc(O)cc12. The van der Waals surface area contributed by atoms with E-state index in [0.717, 1.165) is 34.1 Å². The van der Waals surface area contributed by atoms with E-state index >= 15 is 0 Å². The second kappa shape index (κ2) is 4.19. The molecular formula is C13H14N4O. The Bertz CT molecular complexity index is 683. The lowest BCUT2D eigenvalue weighted by Crippen LogP contribution is -2.00. The van der Waals surface area contributed by atoms with E-state index in [1.807, 2.05) is 12.3 Å². The second-order valence-corrected chi connectivity index (χ2v) is 4.30. The summed E-state index contributed by atoms with van der Waals surface area (Å²) in [4.78, 5) is 3.19. The Morgan fingerprint density at radius 2 is 2.17 bits per heavy atom. The van der Waals surface area contributed by atoms with Gasteiger partial charge in [0.25, 0.3) is 0 Å². The van der Waals surface area contributed by atoms with Crippen molar-refractivity contribution in [2.24, 2.45) is 5.73 Å². The van der Waals surface area contributed by atoms with Crippen LogP contribution in [0.3, 0.4) is 0 Å². The Labute approximate surface area is 104 Å². The summed E-state index contributed by atoms with van der Waals surface area (Å²) in [5, 5.41) is 17.5. The van der Waals surface area contributed by atoms with Crippen molar-refractivity contribution in [2.45, 2.75) is 13.0 Å². The number of aromatic nitrogens is 3. The highest BCUT2D eigenvalue weighted by atomic mass is 16.3. The third-order valence-electron chi connectivity index (χ3n) is 3.14. The zero-order chi connectivity index (χ0) is 12.5.